The van der Waals surface area contributed by atoms with Gasteiger partial charge in [-0.2, -0.15) is 0 Å². The second-order valence-electron chi connectivity index (χ2n) is 4.79. The van der Waals surface area contributed by atoms with Crippen LogP contribution in [0.1, 0.15) is 22.7 Å². The summed E-state index contributed by atoms with van der Waals surface area (Å²) in [7, 11) is 0. The second kappa shape index (κ2) is 6.09. The van der Waals surface area contributed by atoms with Crippen LogP contribution in [-0.2, 0) is 0 Å². The Kier molecular flexibility index (Phi) is 4.46. The lowest BCUT2D eigenvalue weighted by molar-refractivity contribution is 0.290. The van der Waals surface area contributed by atoms with Crippen molar-refractivity contribution in [2.75, 3.05) is 6.61 Å². The van der Waals surface area contributed by atoms with Crippen LogP contribution in [0.15, 0.2) is 42.5 Å². The summed E-state index contributed by atoms with van der Waals surface area (Å²) in [5.74, 6) is 0.782. The first kappa shape index (κ1) is 13.9. The maximum atomic E-state index is 6.16. The minimum absolute atomic E-state index is 0.130. The molecule has 0 radical (unpaired) electrons. The quantitative estimate of drug-likeness (QED) is 0.914. The molecule has 1 atom stereocenters. The van der Waals surface area contributed by atoms with Crippen molar-refractivity contribution in [2.45, 2.75) is 19.9 Å². The van der Waals surface area contributed by atoms with Gasteiger partial charge in [-0.15, -0.1) is 0 Å². The standard InChI is InChI=1S/C16H18ClNO/c1-11-7-12(2)9-13(8-11)16(18)10-19-15-5-3-14(17)4-6-15/h3-9,16H,10,18H2,1-2H3. The van der Waals surface area contributed by atoms with E-state index in [0.29, 0.717) is 11.6 Å². The van der Waals surface area contributed by atoms with Gasteiger partial charge in [0.15, 0.2) is 0 Å². The van der Waals surface area contributed by atoms with Crippen LogP contribution in [0.25, 0.3) is 0 Å². The first-order valence-corrected chi connectivity index (χ1v) is 6.64. The molecule has 0 bridgehead atoms. The molecule has 0 aliphatic rings. The summed E-state index contributed by atoms with van der Waals surface area (Å²) in [6.07, 6.45) is 0. The fraction of sp³-hybridized carbons (Fsp3) is 0.250. The van der Waals surface area contributed by atoms with Crippen LogP contribution < -0.4 is 10.5 Å². The van der Waals surface area contributed by atoms with Crippen LogP contribution in [-0.4, -0.2) is 6.61 Å². The fourth-order valence-corrected chi connectivity index (χ4v) is 2.16. The van der Waals surface area contributed by atoms with Crippen molar-refractivity contribution in [3.05, 3.63) is 64.2 Å². The van der Waals surface area contributed by atoms with E-state index in [2.05, 4.69) is 32.0 Å². The normalized spacial score (nSPS) is 12.2. The maximum Gasteiger partial charge on any atom is 0.119 e. The van der Waals surface area contributed by atoms with Crippen molar-refractivity contribution < 1.29 is 4.74 Å². The highest BCUT2D eigenvalue weighted by Crippen LogP contribution is 2.19. The highest BCUT2D eigenvalue weighted by atomic mass is 35.5. The van der Waals surface area contributed by atoms with Gasteiger partial charge in [-0.25, -0.2) is 0 Å². The molecular weight excluding hydrogens is 258 g/mol. The average Bonchev–Trinajstić information content (AvgIpc) is 2.36. The third-order valence-corrected chi connectivity index (χ3v) is 3.17. The van der Waals surface area contributed by atoms with Crippen molar-refractivity contribution in [3.8, 4) is 5.75 Å². The molecule has 1 unspecified atom stereocenters. The van der Waals surface area contributed by atoms with Gasteiger partial charge < -0.3 is 10.5 Å². The van der Waals surface area contributed by atoms with Gasteiger partial charge in [0, 0.05) is 5.02 Å². The Balaban J connectivity index is 2.00. The number of nitrogens with two attached hydrogens (primary N) is 1. The summed E-state index contributed by atoms with van der Waals surface area (Å²) in [4.78, 5) is 0. The maximum absolute atomic E-state index is 6.16. The zero-order valence-electron chi connectivity index (χ0n) is 11.2. The second-order valence-corrected chi connectivity index (χ2v) is 5.23. The van der Waals surface area contributed by atoms with E-state index >= 15 is 0 Å². The Morgan fingerprint density at radius 3 is 2.21 bits per heavy atom. The predicted molar refractivity (Wildman–Crippen MR) is 79.8 cm³/mol. The lowest BCUT2D eigenvalue weighted by Crippen LogP contribution is -2.19. The lowest BCUT2D eigenvalue weighted by Gasteiger charge is -2.15. The number of aryl methyl sites for hydroxylation is 2. The molecule has 0 saturated heterocycles. The molecular formula is C16H18ClNO. The Morgan fingerprint density at radius 1 is 1.05 bits per heavy atom. The van der Waals surface area contributed by atoms with E-state index in [1.165, 1.54) is 11.1 Å². The van der Waals surface area contributed by atoms with Gasteiger partial charge in [0.2, 0.25) is 0 Å². The summed E-state index contributed by atoms with van der Waals surface area (Å²) < 4.78 is 5.67. The molecule has 2 aromatic rings. The number of hydrogen-bond donors (Lipinski definition) is 1. The summed E-state index contributed by atoms with van der Waals surface area (Å²) in [6.45, 7) is 4.59. The van der Waals surface area contributed by atoms with Gasteiger partial charge in [-0.05, 0) is 43.7 Å². The molecule has 3 heteroatoms. The third-order valence-electron chi connectivity index (χ3n) is 2.92. The summed E-state index contributed by atoms with van der Waals surface area (Å²) in [6, 6.07) is 13.5. The topological polar surface area (TPSA) is 35.2 Å². The van der Waals surface area contributed by atoms with Crippen LogP contribution in [0.4, 0.5) is 0 Å². The molecule has 0 heterocycles. The molecule has 2 aromatic carbocycles. The molecule has 0 spiro atoms. The van der Waals surface area contributed by atoms with Gasteiger partial charge in [-0.3, -0.25) is 0 Å². The molecule has 0 fully saturated rings. The van der Waals surface area contributed by atoms with Crippen LogP contribution in [0, 0.1) is 13.8 Å². The van der Waals surface area contributed by atoms with E-state index < -0.39 is 0 Å². The molecule has 19 heavy (non-hydrogen) atoms. The first-order valence-electron chi connectivity index (χ1n) is 6.27. The Morgan fingerprint density at radius 2 is 1.63 bits per heavy atom. The number of hydrogen-bond acceptors (Lipinski definition) is 2. The minimum Gasteiger partial charge on any atom is -0.492 e. The molecule has 0 aromatic heterocycles. The van der Waals surface area contributed by atoms with Crippen LogP contribution in [0.3, 0.4) is 0 Å². The summed E-state index contributed by atoms with van der Waals surface area (Å²) in [5.41, 5.74) is 9.70. The van der Waals surface area contributed by atoms with Crippen LogP contribution in [0.2, 0.25) is 5.02 Å². The van der Waals surface area contributed by atoms with E-state index in [9.17, 15) is 0 Å². The fourth-order valence-electron chi connectivity index (χ4n) is 2.04. The van der Waals surface area contributed by atoms with Crippen molar-refractivity contribution >= 4 is 11.6 Å². The van der Waals surface area contributed by atoms with Gasteiger partial charge in [0.25, 0.3) is 0 Å². The Labute approximate surface area is 119 Å². The zero-order valence-corrected chi connectivity index (χ0v) is 11.9. The summed E-state index contributed by atoms with van der Waals surface area (Å²) in [5, 5.41) is 0.700. The van der Waals surface area contributed by atoms with Crippen molar-refractivity contribution in [1.29, 1.82) is 0 Å². The zero-order chi connectivity index (χ0) is 13.8. The van der Waals surface area contributed by atoms with Gasteiger partial charge >= 0.3 is 0 Å². The number of ether oxygens (including phenoxy) is 1. The highest BCUT2D eigenvalue weighted by Gasteiger charge is 2.08. The predicted octanol–water partition coefficient (Wildman–Crippen LogP) is 4.04. The monoisotopic (exact) mass is 275 g/mol. The van der Waals surface area contributed by atoms with E-state index in [0.717, 1.165) is 11.3 Å². The lowest BCUT2D eigenvalue weighted by atomic mass is 10.0. The van der Waals surface area contributed by atoms with Gasteiger partial charge in [0.05, 0.1) is 6.04 Å². The molecule has 0 aliphatic carbocycles. The van der Waals surface area contributed by atoms with Crippen molar-refractivity contribution in [3.63, 3.8) is 0 Å². The number of benzene rings is 2. The number of rotatable bonds is 4. The van der Waals surface area contributed by atoms with E-state index in [1.807, 2.05) is 12.1 Å². The summed E-state index contributed by atoms with van der Waals surface area (Å²) >= 11 is 5.82. The van der Waals surface area contributed by atoms with E-state index in [-0.39, 0.29) is 6.04 Å². The first-order chi connectivity index (χ1) is 9.04. The molecule has 0 saturated carbocycles. The SMILES string of the molecule is Cc1cc(C)cc(C(N)COc2ccc(Cl)cc2)c1. The Hall–Kier alpha value is -1.51. The smallest absolute Gasteiger partial charge is 0.119 e. The molecule has 100 valence electrons. The van der Waals surface area contributed by atoms with Crippen LogP contribution in [0.5, 0.6) is 5.75 Å². The molecule has 2 rings (SSSR count). The molecule has 0 aliphatic heterocycles. The van der Waals surface area contributed by atoms with Gasteiger partial charge in [-0.1, -0.05) is 40.9 Å². The molecule has 0 amide bonds. The van der Waals surface area contributed by atoms with Crippen molar-refractivity contribution in [2.24, 2.45) is 5.73 Å². The minimum atomic E-state index is -0.130. The largest absolute Gasteiger partial charge is 0.492 e. The van der Waals surface area contributed by atoms with Crippen LogP contribution >= 0.6 is 11.6 Å². The van der Waals surface area contributed by atoms with Crippen molar-refractivity contribution in [1.82, 2.24) is 0 Å². The third kappa shape index (κ3) is 3.98. The Bertz CT molecular complexity index is 531. The highest BCUT2D eigenvalue weighted by molar-refractivity contribution is 6.30. The average molecular weight is 276 g/mol. The van der Waals surface area contributed by atoms with Gasteiger partial charge in [0.1, 0.15) is 12.4 Å². The van der Waals surface area contributed by atoms with E-state index in [4.69, 9.17) is 22.1 Å². The molecule has 2 nitrogen and oxygen atoms in total. The number of halogens is 1. The molecule has 2 N–H and O–H groups in total. The van der Waals surface area contributed by atoms with E-state index in [1.54, 1.807) is 12.1 Å².